The van der Waals surface area contributed by atoms with Gasteiger partial charge in [0.1, 0.15) is 0 Å². The molecule has 0 aliphatic heterocycles. The lowest BCUT2D eigenvalue weighted by atomic mass is 10.0. The summed E-state index contributed by atoms with van der Waals surface area (Å²) in [6.45, 7) is 8.24. The van der Waals surface area contributed by atoms with Crippen LogP contribution < -0.4 is 15.8 Å². The molecular weight excluding hydrogens is 350 g/mol. The SMILES string of the molecule is CCNS(=O)(=O)c1ccc(C)c(C(=O)NC(CN)CC(C)C)c1.Cl. The van der Waals surface area contributed by atoms with E-state index in [9.17, 15) is 13.2 Å². The van der Waals surface area contributed by atoms with Gasteiger partial charge in [-0.1, -0.05) is 26.8 Å². The molecule has 1 aromatic carbocycles. The van der Waals surface area contributed by atoms with E-state index in [1.807, 2.05) is 0 Å². The highest BCUT2D eigenvalue weighted by atomic mass is 35.5. The minimum Gasteiger partial charge on any atom is -0.348 e. The molecule has 138 valence electrons. The van der Waals surface area contributed by atoms with Crippen LogP contribution in [0, 0.1) is 12.8 Å². The monoisotopic (exact) mass is 377 g/mol. The van der Waals surface area contributed by atoms with Gasteiger partial charge in [-0.15, -0.1) is 12.4 Å². The Hall–Kier alpha value is -1.15. The van der Waals surface area contributed by atoms with E-state index < -0.39 is 10.0 Å². The predicted octanol–water partition coefficient (Wildman–Crippen LogP) is 1.82. The Morgan fingerprint density at radius 2 is 1.92 bits per heavy atom. The maximum atomic E-state index is 12.5. The van der Waals surface area contributed by atoms with Gasteiger partial charge in [0.25, 0.3) is 5.91 Å². The summed E-state index contributed by atoms with van der Waals surface area (Å²) in [6, 6.07) is 4.42. The van der Waals surface area contributed by atoms with Crippen molar-refractivity contribution in [3.05, 3.63) is 29.3 Å². The molecule has 0 saturated heterocycles. The van der Waals surface area contributed by atoms with Crippen LogP contribution >= 0.6 is 12.4 Å². The molecule has 8 heteroatoms. The van der Waals surface area contributed by atoms with Crippen molar-refractivity contribution in [1.29, 1.82) is 0 Å². The highest BCUT2D eigenvalue weighted by Crippen LogP contribution is 2.16. The molecule has 4 N–H and O–H groups in total. The molecule has 6 nitrogen and oxygen atoms in total. The molecule has 1 unspecified atom stereocenters. The number of hydrogen-bond acceptors (Lipinski definition) is 4. The number of carbonyl (C=O) groups excluding carboxylic acids is 1. The fourth-order valence-corrected chi connectivity index (χ4v) is 3.40. The zero-order valence-electron chi connectivity index (χ0n) is 14.6. The number of nitrogens with one attached hydrogen (secondary N) is 2. The van der Waals surface area contributed by atoms with Crippen LogP contribution in [0.4, 0.5) is 0 Å². The number of hydrogen-bond donors (Lipinski definition) is 3. The third-order valence-electron chi connectivity index (χ3n) is 3.47. The van der Waals surface area contributed by atoms with Gasteiger partial charge in [-0.25, -0.2) is 13.1 Å². The fraction of sp³-hybridized carbons (Fsp3) is 0.562. The van der Waals surface area contributed by atoms with Crippen molar-refractivity contribution < 1.29 is 13.2 Å². The van der Waals surface area contributed by atoms with Gasteiger partial charge >= 0.3 is 0 Å². The van der Waals surface area contributed by atoms with Crippen LogP contribution in [-0.2, 0) is 10.0 Å². The third-order valence-corrected chi connectivity index (χ3v) is 5.02. The van der Waals surface area contributed by atoms with E-state index in [1.165, 1.54) is 12.1 Å². The van der Waals surface area contributed by atoms with Crippen LogP contribution in [0.3, 0.4) is 0 Å². The van der Waals surface area contributed by atoms with Crippen molar-refractivity contribution in [1.82, 2.24) is 10.0 Å². The van der Waals surface area contributed by atoms with Crippen LogP contribution in [-0.4, -0.2) is 33.5 Å². The molecule has 0 heterocycles. The summed E-state index contributed by atoms with van der Waals surface area (Å²) in [4.78, 5) is 12.6. The Kier molecular flexibility index (Phi) is 9.50. The van der Waals surface area contributed by atoms with Gasteiger partial charge in [0, 0.05) is 24.7 Å². The minimum absolute atomic E-state index is 0. The molecule has 0 aliphatic rings. The summed E-state index contributed by atoms with van der Waals surface area (Å²) in [5.41, 5.74) is 6.78. The topological polar surface area (TPSA) is 101 Å². The lowest BCUT2D eigenvalue weighted by Crippen LogP contribution is -2.41. The molecule has 0 radical (unpaired) electrons. The van der Waals surface area contributed by atoms with Crippen LogP contribution in [0.2, 0.25) is 0 Å². The molecule has 0 bridgehead atoms. The molecular formula is C16H28ClN3O3S. The fourth-order valence-electron chi connectivity index (χ4n) is 2.33. The van der Waals surface area contributed by atoms with Crippen molar-refractivity contribution in [3.8, 4) is 0 Å². The maximum Gasteiger partial charge on any atom is 0.251 e. The number of amides is 1. The molecule has 1 rings (SSSR count). The van der Waals surface area contributed by atoms with E-state index in [0.717, 1.165) is 12.0 Å². The van der Waals surface area contributed by atoms with Gasteiger partial charge in [0.15, 0.2) is 0 Å². The Morgan fingerprint density at radius 3 is 2.42 bits per heavy atom. The predicted molar refractivity (Wildman–Crippen MR) is 99.1 cm³/mol. The first-order valence-corrected chi connectivity index (χ1v) is 9.30. The van der Waals surface area contributed by atoms with E-state index >= 15 is 0 Å². The largest absolute Gasteiger partial charge is 0.348 e. The molecule has 0 aromatic heterocycles. The maximum absolute atomic E-state index is 12.5. The number of sulfonamides is 1. The third kappa shape index (κ3) is 6.39. The highest BCUT2D eigenvalue weighted by molar-refractivity contribution is 7.89. The highest BCUT2D eigenvalue weighted by Gasteiger charge is 2.19. The first-order valence-electron chi connectivity index (χ1n) is 7.82. The van der Waals surface area contributed by atoms with E-state index in [4.69, 9.17) is 5.73 Å². The standard InChI is InChI=1S/C16H27N3O3S.ClH/c1-5-18-23(21,22)14-7-6-12(4)15(9-14)16(20)19-13(10-17)8-11(2)3;/h6-7,9,11,13,18H,5,8,10,17H2,1-4H3,(H,19,20);1H. The van der Waals surface area contributed by atoms with Gasteiger partial charge in [-0.2, -0.15) is 0 Å². The summed E-state index contributed by atoms with van der Waals surface area (Å²) in [6.07, 6.45) is 0.774. The minimum atomic E-state index is -3.59. The lowest BCUT2D eigenvalue weighted by Gasteiger charge is -2.19. The summed E-state index contributed by atoms with van der Waals surface area (Å²) >= 11 is 0. The van der Waals surface area contributed by atoms with Gasteiger partial charge in [-0.05, 0) is 37.0 Å². The van der Waals surface area contributed by atoms with Gasteiger partial charge in [0.05, 0.1) is 4.90 Å². The van der Waals surface area contributed by atoms with Crippen molar-refractivity contribution in [2.24, 2.45) is 11.7 Å². The summed E-state index contributed by atoms with van der Waals surface area (Å²) < 4.78 is 26.6. The van der Waals surface area contributed by atoms with Gasteiger partial charge < -0.3 is 11.1 Å². The number of nitrogens with two attached hydrogens (primary N) is 1. The Morgan fingerprint density at radius 1 is 1.29 bits per heavy atom. The van der Waals surface area contributed by atoms with Crippen molar-refractivity contribution >= 4 is 28.3 Å². The number of benzene rings is 1. The normalized spacial score (nSPS) is 12.6. The first kappa shape index (κ1) is 22.9. The molecule has 1 aromatic rings. The molecule has 0 fully saturated rings. The number of halogens is 1. The van der Waals surface area contributed by atoms with Crippen LogP contribution in [0.15, 0.2) is 23.1 Å². The van der Waals surface area contributed by atoms with Crippen LogP contribution in [0.25, 0.3) is 0 Å². The Balaban J connectivity index is 0.00000529. The second-order valence-corrected chi connectivity index (χ2v) is 7.78. The van der Waals surface area contributed by atoms with Crippen LogP contribution in [0.1, 0.15) is 43.1 Å². The second kappa shape index (κ2) is 9.98. The van der Waals surface area contributed by atoms with Gasteiger partial charge in [-0.3, -0.25) is 4.79 Å². The molecule has 1 amide bonds. The Bertz CT molecular complexity index is 648. The Labute approximate surface area is 151 Å². The van der Waals surface area contributed by atoms with E-state index in [2.05, 4.69) is 23.9 Å². The molecule has 0 spiro atoms. The van der Waals surface area contributed by atoms with E-state index in [1.54, 1.807) is 19.9 Å². The quantitative estimate of drug-likeness (QED) is 0.643. The van der Waals surface area contributed by atoms with Crippen molar-refractivity contribution in [2.75, 3.05) is 13.1 Å². The first-order chi connectivity index (χ1) is 10.7. The summed E-state index contributed by atoms with van der Waals surface area (Å²) in [5.74, 6) is 0.109. The van der Waals surface area contributed by atoms with E-state index in [0.29, 0.717) is 24.6 Å². The van der Waals surface area contributed by atoms with Crippen LogP contribution in [0.5, 0.6) is 0 Å². The molecule has 0 saturated carbocycles. The molecule has 1 atom stereocenters. The molecule has 0 aliphatic carbocycles. The summed E-state index contributed by atoms with van der Waals surface area (Å²) in [5, 5.41) is 2.89. The average molecular weight is 378 g/mol. The van der Waals surface area contributed by atoms with Crippen molar-refractivity contribution in [3.63, 3.8) is 0 Å². The zero-order valence-corrected chi connectivity index (χ0v) is 16.3. The van der Waals surface area contributed by atoms with Crippen molar-refractivity contribution in [2.45, 2.75) is 45.1 Å². The number of aryl methyl sites for hydroxylation is 1. The second-order valence-electron chi connectivity index (χ2n) is 6.01. The number of rotatable bonds is 8. The zero-order chi connectivity index (χ0) is 17.6. The molecule has 24 heavy (non-hydrogen) atoms. The average Bonchev–Trinajstić information content (AvgIpc) is 2.46. The smallest absolute Gasteiger partial charge is 0.251 e. The number of carbonyl (C=O) groups is 1. The summed E-state index contributed by atoms with van der Waals surface area (Å²) in [7, 11) is -3.59. The van der Waals surface area contributed by atoms with E-state index in [-0.39, 0.29) is 29.3 Å². The van der Waals surface area contributed by atoms with Gasteiger partial charge in [0.2, 0.25) is 10.0 Å². The lowest BCUT2D eigenvalue weighted by molar-refractivity contribution is 0.0933.